The third kappa shape index (κ3) is 5.34. The smallest absolute Gasteiger partial charge is 0.119 e. The average Bonchev–Trinajstić information content (AvgIpc) is 2.81. The fourth-order valence-electron chi connectivity index (χ4n) is 3.21. The van der Waals surface area contributed by atoms with Crippen LogP contribution in [0.3, 0.4) is 0 Å². The normalized spacial score (nSPS) is 10.6. The summed E-state index contributed by atoms with van der Waals surface area (Å²) in [5, 5.41) is 0. The lowest BCUT2D eigenvalue weighted by atomic mass is 10.0. The zero-order chi connectivity index (χ0) is 19.7. The zero-order valence-electron chi connectivity index (χ0n) is 16.3. The van der Waals surface area contributed by atoms with E-state index in [1.54, 1.807) is 0 Å². The summed E-state index contributed by atoms with van der Waals surface area (Å²) in [6.45, 7) is 1.68. The van der Waals surface area contributed by atoms with E-state index in [2.05, 4.69) is 72.8 Å². The van der Waals surface area contributed by atoms with Crippen LogP contribution in [0.2, 0.25) is 0 Å². The van der Waals surface area contributed by atoms with Gasteiger partial charge in [-0.3, -0.25) is 0 Å². The lowest BCUT2D eigenvalue weighted by Crippen LogP contribution is -2.06. The molecule has 0 N–H and O–H groups in total. The Morgan fingerprint density at radius 2 is 0.931 bits per heavy atom. The van der Waals surface area contributed by atoms with Gasteiger partial charge in [0.05, 0.1) is 13.2 Å². The van der Waals surface area contributed by atoms with Gasteiger partial charge in [0.15, 0.2) is 0 Å². The maximum atomic E-state index is 5.79. The van der Waals surface area contributed by atoms with E-state index >= 15 is 0 Å². The van der Waals surface area contributed by atoms with Crippen molar-refractivity contribution in [1.29, 1.82) is 0 Å². The number of rotatable bonds is 8. The maximum Gasteiger partial charge on any atom is 0.119 e. The van der Waals surface area contributed by atoms with E-state index in [9.17, 15) is 0 Å². The molecule has 0 spiro atoms. The van der Waals surface area contributed by atoms with Crippen molar-refractivity contribution in [2.75, 3.05) is 13.2 Å². The van der Waals surface area contributed by atoms with Crippen molar-refractivity contribution in [3.05, 3.63) is 115 Å². The average molecular weight is 380 g/mol. The maximum absolute atomic E-state index is 5.79. The van der Waals surface area contributed by atoms with E-state index in [0.29, 0.717) is 19.8 Å². The van der Waals surface area contributed by atoms with Gasteiger partial charge in [0, 0.05) is 0 Å². The molecular formula is C27H24O2. The first-order valence-electron chi connectivity index (χ1n) is 9.89. The second kappa shape index (κ2) is 9.72. The molecular weight excluding hydrogens is 356 g/mol. The Labute approximate surface area is 172 Å². The second-order valence-corrected chi connectivity index (χ2v) is 6.85. The van der Waals surface area contributed by atoms with Crippen molar-refractivity contribution in [2.24, 2.45) is 0 Å². The minimum atomic E-state index is 0.535. The van der Waals surface area contributed by atoms with Crippen LogP contribution < -0.4 is 4.74 Å². The molecule has 2 heteroatoms. The summed E-state index contributed by atoms with van der Waals surface area (Å²) in [6, 6.07) is 37.4. The van der Waals surface area contributed by atoms with Crippen LogP contribution in [0.4, 0.5) is 0 Å². The lowest BCUT2D eigenvalue weighted by molar-refractivity contribution is 0.0889. The molecule has 0 heterocycles. The van der Waals surface area contributed by atoms with E-state index in [0.717, 1.165) is 11.3 Å². The van der Waals surface area contributed by atoms with Crippen molar-refractivity contribution in [3.8, 4) is 28.0 Å². The first-order valence-corrected chi connectivity index (χ1v) is 9.89. The van der Waals surface area contributed by atoms with Crippen LogP contribution in [0.25, 0.3) is 22.3 Å². The number of ether oxygens (including phenoxy) is 2. The zero-order valence-corrected chi connectivity index (χ0v) is 16.3. The summed E-state index contributed by atoms with van der Waals surface area (Å²) in [5.74, 6) is 0.862. The number of hydrogen-bond acceptors (Lipinski definition) is 2. The first kappa shape index (κ1) is 19.0. The monoisotopic (exact) mass is 380 g/mol. The van der Waals surface area contributed by atoms with Crippen LogP contribution in [0, 0.1) is 0 Å². The summed E-state index contributed by atoms with van der Waals surface area (Å²) >= 11 is 0. The molecule has 0 amide bonds. The van der Waals surface area contributed by atoms with Crippen LogP contribution in [0.5, 0.6) is 5.75 Å². The molecule has 144 valence electrons. The molecule has 0 radical (unpaired) electrons. The van der Waals surface area contributed by atoms with Gasteiger partial charge in [-0.2, -0.15) is 0 Å². The molecule has 29 heavy (non-hydrogen) atoms. The Morgan fingerprint density at radius 1 is 0.448 bits per heavy atom. The van der Waals surface area contributed by atoms with E-state index in [-0.39, 0.29) is 0 Å². The molecule has 0 bridgehead atoms. The van der Waals surface area contributed by atoms with E-state index in [1.807, 2.05) is 36.4 Å². The van der Waals surface area contributed by atoms with Gasteiger partial charge in [0.1, 0.15) is 12.4 Å². The fraction of sp³-hybridized carbons (Fsp3) is 0.111. The van der Waals surface area contributed by atoms with Gasteiger partial charge in [-0.25, -0.2) is 0 Å². The molecule has 0 aliphatic carbocycles. The van der Waals surface area contributed by atoms with Crippen LogP contribution in [-0.4, -0.2) is 13.2 Å². The largest absolute Gasteiger partial charge is 0.491 e. The molecule has 4 aromatic rings. The molecule has 4 aromatic carbocycles. The number of benzene rings is 4. The third-order valence-corrected chi connectivity index (χ3v) is 4.79. The lowest BCUT2D eigenvalue weighted by Gasteiger charge is -2.09. The topological polar surface area (TPSA) is 18.5 Å². The van der Waals surface area contributed by atoms with Gasteiger partial charge in [0.2, 0.25) is 0 Å². The van der Waals surface area contributed by atoms with Crippen LogP contribution in [0.1, 0.15) is 5.56 Å². The highest BCUT2D eigenvalue weighted by Crippen LogP contribution is 2.22. The molecule has 0 atom stereocenters. The van der Waals surface area contributed by atoms with Gasteiger partial charge in [-0.05, 0) is 39.9 Å². The predicted molar refractivity (Wildman–Crippen MR) is 119 cm³/mol. The Morgan fingerprint density at radius 3 is 1.48 bits per heavy atom. The molecule has 0 saturated heterocycles. The minimum absolute atomic E-state index is 0.535. The predicted octanol–water partition coefficient (Wildman–Crippen LogP) is 6.62. The molecule has 0 unspecified atom stereocenters. The third-order valence-electron chi connectivity index (χ3n) is 4.79. The molecule has 0 aliphatic heterocycles. The molecule has 0 saturated carbocycles. The second-order valence-electron chi connectivity index (χ2n) is 6.85. The minimum Gasteiger partial charge on any atom is -0.491 e. The Balaban J connectivity index is 1.20. The van der Waals surface area contributed by atoms with Crippen LogP contribution in [-0.2, 0) is 11.3 Å². The standard InChI is InChI=1S/C27H24O2/c1-3-7-23(8-4-1)25-13-11-22(12-14-25)21-28-19-20-29-27-17-15-26(16-18-27)24-9-5-2-6-10-24/h1-18H,19-21H2. The summed E-state index contributed by atoms with van der Waals surface area (Å²) in [6.07, 6.45) is 0. The van der Waals surface area contributed by atoms with Gasteiger partial charge >= 0.3 is 0 Å². The van der Waals surface area contributed by atoms with Crippen molar-refractivity contribution >= 4 is 0 Å². The van der Waals surface area contributed by atoms with Gasteiger partial charge in [0.25, 0.3) is 0 Å². The summed E-state index contributed by atoms with van der Waals surface area (Å²) < 4.78 is 11.5. The quantitative estimate of drug-likeness (QED) is 0.320. The van der Waals surface area contributed by atoms with Crippen molar-refractivity contribution < 1.29 is 9.47 Å². The van der Waals surface area contributed by atoms with Gasteiger partial charge < -0.3 is 9.47 Å². The Hall–Kier alpha value is -3.36. The van der Waals surface area contributed by atoms with Crippen molar-refractivity contribution in [2.45, 2.75) is 6.61 Å². The summed E-state index contributed by atoms with van der Waals surface area (Å²) in [4.78, 5) is 0. The highest BCUT2D eigenvalue weighted by Gasteiger charge is 2.00. The van der Waals surface area contributed by atoms with Crippen LogP contribution >= 0.6 is 0 Å². The molecule has 2 nitrogen and oxygen atoms in total. The van der Waals surface area contributed by atoms with Gasteiger partial charge in [-0.1, -0.05) is 97.1 Å². The molecule has 0 fully saturated rings. The first-order chi connectivity index (χ1) is 14.4. The Kier molecular flexibility index (Phi) is 6.36. The SMILES string of the molecule is c1ccc(-c2ccc(COCCOc3ccc(-c4ccccc4)cc3)cc2)cc1. The molecule has 4 rings (SSSR count). The van der Waals surface area contributed by atoms with Crippen LogP contribution in [0.15, 0.2) is 109 Å². The highest BCUT2D eigenvalue weighted by atomic mass is 16.5. The van der Waals surface area contributed by atoms with Crippen molar-refractivity contribution in [3.63, 3.8) is 0 Å². The van der Waals surface area contributed by atoms with E-state index in [4.69, 9.17) is 9.47 Å². The molecule has 0 aliphatic rings. The van der Waals surface area contributed by atoms with E-state index < -0.39 is 0 Å². The summed E-state index contributed by atoms with van der Waals surface area (Å²) in [5.41, 5.74) is 6.01. The Bertz CT molecular complexity index is 907. The van der Waals surface area contributed by atoms with Gasteiger partial charge in [-0.15, -0.1) is 0 Å². The van der Waals surface area contributed by atoms with E-state index in [1.165, 1.54) is 22.3 Å². The summed E-state index contributed by atoms with van der Waals surface area (Å²) in [7, 11) is 0. The molecule has 0 aromatic heterocycles. The number of hydrogen-bond donors (Lipinski definition) is 0. The van der Waals surface area contributed by atoms with Crippen molar-refractivity contribution in [1.82, 2.24) is 0 Å². The highest BCUT2D eigenvalue weighted by molar-refractivity contribution is 5.64. The fourth-order valence-corrected chi connectivity index (χ4v) is 3.21.